The average Bonchev–Trinajstić information content (AvgIpc) is 3.11. The summed E-state index contributed by atoms with van der Waals surface area (Å²) in [6, 6.07) is 2.52. The van der Waals surface area contributed by atoms with E-state index in [1.165, 1.54) is 18.7 Å². The number of aliphatic hydroxyl groups is 1. The zero-order chi connectivity index (χ0) is 15.6. The Labute approximate surface area is 135 Å². The Morgan fingerprint density at radius 2 is 1.96 bits per heavy atom. The van der Waals surface area contributed by atoms with Crippen LogP contribution in [-0.4, -0.2) is 60.8 Å². The lowest BCUT2D eigenvalue weighted by atomic mass is 9.96. The van der Waals surface area contributed by atoms with E-state index in [0.29, 0.717) is 18.5 Å². The maximum absolute atomic E-state index is 9.08. The monoisotopic (exact) mass is 316 g/mol. The molecule has 0 bridgehead atoms. The highest BCUT2D eigenvalue weighted by atomic mass is 16.3. The van der Waals surface area contributed by atoms with E-state index in [4.69, 9.17) is 5.11 Å². The molecule has 4 rings (SSSR count). The minimum Gasteiger partial charge on any atom is -0.395 e. The molecule has 7 nitrogen and oxygen atoms in total. The van der Waals surface area contributed by atoms with Crippen molar-refractivity contribution in [3.8, 4) is 0 Å². The second-order valence-corrected chi connectivity index (χ2v) is 6.62. The maximum Gasteiger partial charge on any atom is 0.155 e. The van der Waals surface area contributed by atoms with Gasteiger partial charge in [0, 0.05) is 30.9 Å². The van der Waals surface area contributed by atoms with Gasteiger partial charge in [-0.25, -0.2) is 0 Å². The molecule has 2 aliphatic rings. The van der Waals surface area contributed by atoms with Crippen molar-refractivity contribution in [2.45, 2.75) is 44.2 Å². The predicted octanol–water partition coefficient (Wildman–Crippen LogP) is 1.03. The summed E-state index contributed by atoms with van der Waals surface area (Å²) in [6.45, 7) is 3.80. The van der Waals surface area contributed by atoms with Crippen LogP contribution in [0.5, 0.6) is 0 Å². The first-order chi connectivity index (χ1) is 11.3. The Bertz CT molecular complexity index is 625. The summed E-state index contributed by atoms with van der Waals surface area (Å²) in [5, 5.41) is 22.4. The molecule has 2 aromatic heterocycles. The molecule has 2 aromatic rings. The quantitative estimate of drug-likeness (QED) is 0.862. The van der Waals surface area contributed by atoms with Gasteiger partial charge in [-0.2, -0.15) is 5.10 Å². The van der Waals surface area contributed by atoms with Crippen molar-refractivity contribution in [2.24, 2.45) is 0 Å². The van der Waals surface area contributed by atoms with Crippen LogP contribution in [0.2, 0.25) is 0 Å². The molecule has 1 N–H and O–H groups in total. The zero-order valence-corrected chi connectivity index (χ0v) is 13.4. The molecule has 0 amide bonds. The number of hydrogen-bond acceptors (Lipinski definition) is 5. The summed E-state index contributed by atoms with van der Waals surface area (Å²) in [5.74, 6) is 2.69. The first kappa shape index (κ1) is 14.8. The van der Waals surface area contributed by atoms with E-state index in [1.54, 1.807) is 6.20 Å². The highest BCUT2D eigenvalue weighted by Gasteiger charge is 2.33. The van der Waals surface area contributed by atoms with Gasteiger partial charge >= 0.3 is 0 Å². The third-order valence-corrected chi connectivity index (χ3v) is 4.94. The lowest BCUT2D eigenvalue weighted by Gasteiger charge is -2.31. The number of nitrogens with zero attached hydrogens (tertiary/aromatic N) is 6. The standard InChI is InChI=1S/C16H24N6O/c23-11-10-20-8-4-13(5-9-20)16-19-18-15(22(16)14-2-3-14)12-21-7-1-6-17-21/h1,6-7,13-14,23H,2-5,8-12H2. The number of likely N-dealkylation sites (tertiary alicyclic amines) is 1. The van der Waals surface area contributed by atoms with E-state index in [-0.39, 0.29) is 6.61 Å². The van der Waals surface area contributed by atoms with Crippen LogP contribution < -0.4 is 0 Å². The number of aromatic nitrogens is 5. The van der Waals surface area contributed by atoms with Crippen LogP contribution >= 0.6 is 0 Å². The van der Waals surface area contributed by atoms with Crippen LogP contribution in [-0.2, 0) is 6.54 Å². The van der Waals surface area contributed by atoms with E-state index in [1.807, 2.05) is 16.9 Å². The molecule has 0 unspecified atom stereocenters. The van der Waals surface area contributed by atoms with Crippen molar-refractivity contribution in [1.82, 2.24) is 29.4 Å². The van der Waals surface area contributed by atoms with Crippen molar-refractivity contribution < 1.29 is 5.11 Å². The summed E-state index contributed by atoms with van der Waals surface area (Å²) in [4.78, 5) is 2.33. The lowest BCUT2D eigenvalue weighted by molar-refractivity contribution is 0.162. The second-order valence-electron chi connectivity index (χ2n) is 6.62. The van der Waals surface area contributed by atoms with Crippen LogP contribution in [0, 0.1) is 0 Å². The fourth-order valence-electron chi connectivity index (χ4n) is 3.55. The molecular formula is C16H24N6O. The smallest absolute Gasteiger partial charge is 0.155 e. The van der Waals surface area contributed by atoms with E-state index in [2.05, 4.69) is 24.8 Å². The summed E-state index contributed by atoms with van der Waals surface area (Å²) in [7, 11) is 0. The van der Waals surface area contributed by atoms with Crippen molar-refractivity contribution >= 4 is 0 Å². The molecule has 0 spiro atoms. The minimum absolute atomic E-state index is 0.247. The van der Waals surface area contributed by atoms with Gasteiger partial charge in [-0.15, -0.1) is 10.2 Å². The zero-order valence-electron chi connectivity index (χ0n) is 13.4. The Kier molecular flexibility index (Phi) is 4.13. The first-order valence-electron chi connectivity index (χ1n) is 8.59. The normalized spacial score (nSPS) is 20.2. The molecule has 3 heterocycles. The van der Waals surface area contributed by atoms with Crippen LogP contribution in [0.4, 0.5) is 0 Å². The van der Waals surface area contributed by atoms with Gasteiger partial charge in [0.2, 0.25) is 0 Å². The van der Waals surface area contributed by atoms with Crippen molar-refractivity contribution in [2.75, 3.05) is 26.2 Å². The first-order valence-corrected chi connectivity index (χ1v) is 8.59. The Morgan fingerprint density at radius 3 is 2.61 bits per heavy atom. The number of β-amino-alcohol motifs (C(OH)–C–C–N with tert-alkyl or cyclic N) is 1. The molecule has 1 saturated carbocycles. The van der Waals surface area contributed by atoms with Crippen molar-refractivity contribution in [3.05, 3.63) is 30.1 Å². The van der Waals surface area contributed by atoms with Gasteiger partial charge in [0.05, 0.1) is 6.61 Å². The molecule has 7 heteroatoms. The second kappa shape index (κ2) is 6.41. The van der Waals surface area contributed by atoms with E-state index < -0.39 is 0 Å². The molecule has 0 radical (unpaired) electrons. The van der Waals surface area contributed by atoms with Gasteiger partial charge in [-0.3, -0.25) is 4.68 Å². The molecule has 0 aromatic carbocycles. The molecule has 23 heavy (non-hydrogen) atoms. The van der Waals surface area contributed by atoms with E-state index in [0.717, 1.165) is 38.3 Å². The summed E-state index contributed by atoms with van der Waals surface area (Å²) >= 11 is 0. The topological polar surface area (TPSA) is 72.0 Å². The van der Waals surface area contributed by atoms with Crippen LogP contribution in [0.15, 0.2) is 18.5 Å². The number of rotatable bonds is 6. The molecule has 1 saturated heterocycles. The van der Waals surface area contributed by atoms with Crippen molar-refractivity contribution in [3.63, 3.8) is 0 Å². The average molecular weight is 316 g/mol. The fraction of sp³-hybridized carbons (Fsp3) is 0.688. The van der Waals surface area contributed by atoms with Gasteiger partial charge in [0.1, 0.15) is 12.4 Å². The van der Waals surface area contributed by atoms with Gasteiger partial charge in [0.25, 0.3) is 0 Å². The maximum atomic E-state index is 9.08. The van der Waals surface area contributed by atoms with Gasteiger partial charge < -0.3 is 14.6 Å². The molecule has 0 atom stereocenters. The van der Waals surface area contributed by atoms with Crippen LogP contribution in [0.1, 0.15) is 49.3 Å². The van der Waals surface area contributed by atoms with Gasteiger partial charge in [-0.05, 0) is 44.8 Å². The molecule has 2 fully saturated rings. The van der Waals surface area contributed by atoms with Crippen molar-refractivity contribution in [1.29, 1.82) is 0 Å². The highest BCUT2D eigenvalue weighted by Crippen LogP contribution is 2.39. The minimum atomic E-state index is 0.247. The van der Waals surface area contributed by atoms with Gasteiger partial charge in [-0.1, -0.05) is 0 Å². The summed E-state index contributed by atoms with van der Waals surface area (Å²) in [6.07, 6.45) is 8.45. The Morgan fingerprint density at radius 1 is 1.13 bits per heavy atom. The molecule has 124 valence electrons. The number of aliphatic hydroxyl groups excluding tert-OH is 1. The van der Waals surface area contributed by atoms with E-state index in [9.17, 15) is 0 Å². The molecule has 1 aliphatic heterocycles. The number of piperidine rings is 1. The fourth-order valence-corrected chi connectivity index (χ4v) is 3.55. The summed E-state index contributed by atoms with van der Waals surface area (Å²) in [5.41, 5.74) is 0. The SMILES string of the molecule is OCCN1CCC(c2nnc(Cn3cccn3)n2C2CC2)CC1. The Hall–Kier alpha value is -1.73. The van der Waals surface area contributed by atoms with E-state index >= 15 is 0 Å². The number of hydrogen-bond donors (Lipinski definition) is 1. The highest BCUT2D eigenvalue weighted by molar-refractivity contribution is 5.09. The lowest BCUT2D eigenvalue weighted by Crippen LogP contribution is -2.35. The van der Waals surface area contributed by atoms with Gasteiger partial charge in [0.15, 0.2) is 5.82 Å². The third-order valence-electron chi connectivity index (χ3n) is 4.94. The Balaban J connectivity index is 1.51. The summed E-state index contributed by atoms with van der Waals surface area (Å²) < 4.78 is 4.30. The van der Waals surface area contributed by atoms with Crippen LogP contribution in [0.25, 0.3) is 0 Å². The van der Waals surface area contributed by atoms with Crippen LogP contribution in [0.3, 0.4) is 0 Å². The largest absolute Gasteiger partial charge is 0.395 e. The third kappa shape index (κ3) is 3.16. The molecule has 1 aliphatic carbocycles. The molecular weight excluding hydrogens is 292 g/mol. The predicted molar refractivity (Wildman–Crippen MR) is 85.1 cm³/mol.